The fraction of sp³-hybridized carbons (Fsp3) is 0. The third-order valence-electron chi connectivity index (χ3n) is 2.32. The van der Waals surface area contributed by atoms with Crippen LogP contribution in [0.3, 0.4) is 0 Å². The average molecular weight is 180 g/mol. The van der Waals surface area contributed by atoms with E-state index < -0.39 is 0 Å². The number of hydrogen-bond acceptors (Lipinski definition) is 2. The van der Waals surface area contributed by atoms with Gasteiger partial charge in [-0.3, -0.25) is 4.98 Å². The van der Waals surface area contributed by atoms with Crippen molar-refractivity contribution in [3.63, 3.8) is 0 Å². The molecule has 0 N–H and O–H groups in total. The second kappa shape index (κ2) is 2.77. The Bertz CT molecular complexity index is 497. The summed E-state index contributed by atoms with van der Waals surface area (Å²) in [5.74, 6) is 0. The zero-order valence-electron chi connectivity index (χ0n) is 7.51. The van der Waals surface area contributed by atoms with Crippen molar-refractivity contribution in [2.24, 2.45) is 0 Å². The average Bonchev–Trinajstić information content (AvgIpc) is 2.26. The highest BCUT2D eigenvalue weighted by molar-refractivity contribution is 5.91. The number of nitrogens with zero attached hydrogens (tertiary/aromatic N) is 2. The molecular formula is C12H8N2. The molecular weight excluding hydrogens is 172 g/mol. The fourth-order valence-corrected chi connectivity index (χ4v) is 1.62. The van der Waals surface area contributed by atoms with Gasteiger partial charge in [0.05, 0.1) is 11.0 Å². The lowest BCUT2D eigenvalue weighted by molar-refractivity contribution is 1.34. The Kier molecular flexibility index (Phi) is 1.47. The van der Waals surface area contributed by atoms with E-state index >= 15 is 0 Å². The Labute approximate surface area is 81.2 Å². The SMILES string of the molecule is c1ccc2nc3ccncc3cc2c1. The summed E-state index contributed by atoms with van der Waals surface area (Å²) in [5, 5.41) is 2.25. The molecule has 0 aliphatic rings. The monoisotopic (exact) mass is 180 g/mol. The van der Waals surface area contributed by atoms with Crippen LogP contribution in [0.25, 0.3) is 21.8 Å². The van der Waals surface area contributed by atoms with Crippen LogP contribution in [0.5, 0.6) is 0 Å². The van der Waals surface area contributed by atoms with Gasteiger partial charge in [-0.1, -0.05) is 18.2 Å². The van der Waals surface area contributed by atoms with Gasteiger partial charge in [0.1, 0.15) is 0 Å². The van der Waals surface area contributed by atoms with E-state index in [1.807, 2.05) is 30.5 Å². The summed E-state index contributed by atoms with van der Waals surface area (Å²) in [6.45, 7) is 0. The minimum absolute atomic E-state index is 0.999. The number of benzene rings is 1. The molecule has 0 bridgehead atoms. The van der Waals surface area contributed by atoms with Crippen molar-refractivity contribution >= 4 is 21.8 Å². The molecule has 1 aromatic carbocycles. The van der Waals surface area contributed by atoms with Gasteiger partial charge < -0.3 is 0 Å². The molecule has 0 aliphatic heterocycles. The molecule has 0 radical (unpaired) electrons. The summed E-state index contributed by atoms with van der Waals surface area (Å²) in [7, 11) is 0. The van der Waals surface area contributed by atoms with Gasteiger partial charge in [-0.25, -0.2) is 4.98 Å². The van der Waals surface area contributed by atoms with Crippen LogP contribution in [-0.2, 0) is 0 Å². The Morgan fingerprint density at radius 3 is 2.71 bits per heavy atom. The van der Waals surface area contributed by atoms with E-state index in [9.17, 15) is 0 Å². The summed E-state index contributed by atoms with van der Waals surface area (Å²) in [6, 6.07) is 12.2. The van der Waals surface area contributed by atoms with Crippen molar-refractivity contribution in [2.45, 2.75) is 0 Å². The minimum atomic E-state index is 0.999. The van der Waals surface area contributed by atoms with Gasteiger partial charge >= 0.3 is 0 Å². The molecule has 66 valence electrons. The third-order valence-corrected chi connectivity index (χ3v) is 2.32. The van der Waals surface area contributed by atoms with E-state index in [1.165, 1.54) is 0 Å². The Balaban J connectivity index is 2.52. The molecule has 3 aromatic rings. The van der Waals surface area contributed by atoms with Crippen molar-refractivity contribution in [2.75, 3.05) is 0 Å². The van der Waals surface area contributed by atoms with Gasteiger partial charge in [0.15, 0.2) is 0 Å². The maximum Gasteiger partial charge on any atom is 0.0740 e. The lowest BCUT2D eigenvalue weighted by Crippen LogP contribution is -1.82. The number of fused-ring (bicyclic) bond motifs is 2. The van der Waals surface area contributed by atoms with Gasteiger partial charge in [0.2, 0.25) is 0 Å². The summed E-state index contributed by atoms with van der Waals surface area (Å²) in [6.07, 6.45) is 3.61. The molecule has 2 aromatic heterocycles. The van der Waals surface area contributed by atoms with Crippen LogP contribution in [0.1, 0.15) is 0 Å². The molecule has 0 fully saturated rings. The van der Waals surface area contributed by atoms with Crippen LogP contribution >= 0.6 is 0 Å². The van der Waals surface area contributed by atoms with E-state index in [-0.39, 0.29) is 0 Å². The molecule has 2 heteroatoms. The molecule has 0 amide bonds. The second-order valence-corrected chi connectivity index (χ2v) is 3.25. The normalized spacial score (nSPS) is 10.9. The standard InChI is InChI=1S/C12H8N2/c1-2-4-11-9(3-1)7-10-8-13-6-5-12(10)14-11/h1-8H. The lowest BCUT2D eigenvalue weighted by atomic mass is 10.1. The maximum atomic E-state index is 4.54. The minimum Gasteiger partial charge on any atom is -0.264 e. The van der Waals surface area contributed by atoms with Crippen LogP contribution in [0.4, 0.5) is 0 Å². The number of rotatable bonds is 0. The predicted octanol–water partition coefficient (Wildman–Crippen LogP) is 2.78. The summed E-state index contributed by atoms with van der Waals surface area (Å²) in [4.78, 5) is 8.62. The van der Waals surface area contributed by atoms with Crippen molar-refractivity contribution in [1.29, 1.82) is 0 Å². The molecule has 0 unspecified atom stereocenters. The molecule has 0 saturated carbocycles. The first-order chi connectivity index (χ1) is 6.93. The van der Waals surface area contributed by atoms with Crippen molar-refractivity contribution in [1.82, 2.24) is 9.97 Å². The van der Waals surface area contributed by atoms with E-state index in [0.29, 0.717) is 0 Å². The predicted molar refractivity (Wildman–Crippen MR) is 57.0 cm³/mol. The molecule has 14 heavy (non-hydrogen) atoms. The van der Waals surface area contributed by atoms with Gasteiger partial charge in [0.25, 0.3) is 0 Å². The van der Waals surface area contributed by atoms with Crippen molar-refractivity contribution < 1.29 is 0 Å². The van der Waals surface area contributed by atoms with Crippen molar-refractivity contribution in [3.8, 4) is 0 Å². The van der Waals surface area contributed by atoms with Crippen molar-refractivity contribution in [3.05, 3.63) is 48.8 Å². The highest BCUT2D eigenvalue weighted by Gasteiger charge is 1.97. The molecule has 0 atom stereocenters. The van der Waals surface area contributed by atoms with Crippen LogP contribution < -0.4 is 0 Å². The maximum absolute atomic E-state index is 4.54. The van der Waals surface area contributed by atoms with Crippen LogP contribution in [0.2, 0.25) is 0 Å². The first-order valence-corrected chi connectivity index (χ1v) is 4.53. The van der Waals surface area contributed by atoms with Gasteiger partial charge in [0, 0.05) is 23.2 Å². The van der Waals surface area contributed by atoms with E-state index in [2.05, 4.69) is 22.1 Å². The first-order valence-electron chi connectivity index (χ1n) is 4.53. The Morgan fingerprint density at radius 1 is 0.857 bits per heavy atom. The zero-order valence-corrected chi connectivity index (χ0v) is 7.51. The number of para-hydroxylation sites is 1. The summed E-state index contributed by atoms with van der Waals surface area (Å²) in [5.41, 5.74) is 2.03. The smallest absolute Gasteiger partial charge is 0.0740 e. The number of pyridine rings is 2. The third kappa shape index (κ3) is 1.04. The molecule has 0 aliphatic carbocycles. The number of aromatic nitrogens is 2. The van der Waals surface area contributed by atoms with E-state index in [0.717, 1.165) is 21.8 Å². The van der Waals surface area contributed by atoms with Crippen LogP contribution in [0, 0.1) is 0 Å². The Morgan fingerprint density at radius 2 is 1.71 bits per heavy atom. The fourth-order valence-electron chi connectivity index (χ4n) is 1.62. The first kappa shape index (κ1) is 7.44. The Hall–Kier alpha value is -1.96. The topological polar surface area (TPSA) is 25.8 Å². The van der Waals surface area contributed by atoms with Crippen LogP contribution in [-0.4, -0.2) is 9.97 Å². The highest BCUT2D eigenvalue weighted by atomic mass is 14.7. The molecule has 0 saturated heterocycles. The summed E-state index contributed by atoms with van der Waals surface area (Å²) >= 11 is 0. The zero-order chi connectivity index (χ0) is 9.38. The number of hydrogen-bond donors (Lipinski definition) is 0. The molecule has 3 rings (SSSR count). The lowest BCUT2D eigenvalue weighted by Gasteiger charge is -1.99. The quantitative estimate of drug-likeness (QED) is 0.497. The molecule has 2 heterocycles. The van der Waals surface area contributed by atoms with Gasteiger partial charge in [-0.15, -0.1) is 0 Å². The van der Waals surface area contributed by atoms with E-state index in [1.54, 1.807) is 6.20 Å². The van der Waals surface area contributed by atoms with E-state index in [4.69, 9.17) is 0 Å². The van der Waals surface area contributed by atoms with Gasteiger partial charge in [-0.2, -0.15) is 0 Å². The highest BCUT2D eigenvalue weighted by Crippen LogP contribution is 2.17. The molecule has 0 spiro atoms. The van der Waals surface area contributed by atoms with Crippen LogP contribution in [0.15, 0.2) is 48.8 Å². The molecule has 2 nitrogen and oxygen atoms in total. The largest absolute Gasteiger partial charge is 0.264 e. The second-order valence-electron chi connectivity index (χ2n) is 3.25. The summed E-state index contributed by atoms with van der Waals surface area (Å²) < 4.78 is 0. The van der Waals surface area contributed by atoms with Gasteiger partial charge in [-0.05, 0) is 18.2 Å².